The van der Waals surface area contributed by atoms with E-state index in [1.54, 1.807) is 6.07 Å². The molecule has 6 nitrogen and oxygen atoms in total. The first kappa shape index (κ1) is 16.0. The summed E-state index contributed by atoms with van der Waals surface area (Å²) >= 11 is 0. The highest BCUT2D eigenvalue weighted by Crippen LogP contribution is 2.33. The summed E-state index contributed by atoms with van der Waals surface area (Å²) in [5, 5.41) is 1.11. The molecule has 25 heavy (non-hydrogen) atoms. The second kappa shape index (κ2) is 5.79. The number of hydrogen-bond acceptors (Lipinski definition) is 4. The third-order valence-electron chi connectivity index (χ3n) is 4.49. The second-order valence-corrected chi connectivity index (χ2v) is 7.86. The van der Waals surface area contributed by atoms with Crippen molar-refractivity contribution in [1.82, 2.24) is 9.71 Å². The Balaban J connectivity index is 1.56. The number of aromatic nitrogens is 1. The number of rotatable bonds is 4. The number of aromatic amines is 1. The maximum absolute atomic E-state index is 12.5. The first-order valence-corrected chi connectivity index (χ1v) is 9.39. The Bertz CT molecular complexity index is 1070. The van der Waals surface area contributed by atoms with Crippen LogP contribution in [0.2, 0.25) is 0 Å². The van der Waals surface area contributed by atoms with Crippen molar-refractivity contribution >= 4 is 20.9 Å². The predicted molar refractivity (Wildman–Crippen MR) is 94.4 cm³/mol. The van der Waals surface area contributed by atoms with Crippen LogP contribution in [0, 0.1) is 13.8 Å². The number of benzene rings is 2. The van der Waals surface area contributed by atoms with Gasteiger partial charge in [0.05, 0.1) is 4.90 Å². The van der Waals surface area contributed by atoms with Crippen molar-refractivity contribution in [2.24, 2.45) is 0 Å². The number of H-pyrrole nitrogens is 1. The second-order valence-electron chi connectivity index (χ2n) is 6.09. The quantitative estimate of drug-likeness (QED) is 0.751. The minimum atomic E-state index is -3.63. The highest BCUT2D eigenvalue weighted by atomic mass is 32.2. The van der Waals surface area contributed by atoms with Crippen molar-refractivity contribution in [2.75, 3.05) is 6.79 Å². The fourth-order valence-electron chi connectivity index (χ4n) is 2.92. The number of ether oxygens (including phenoxy) is 2. The maximum atomic E-state index is 12.5. The van der Waals surface area contributed by atoms with Gasteiger partial charge in [-0.05, 0) is 49.2 Å². The molecule has 7 heteroatoms. The molecule has 1 aliphatic rings. The molecule has 0 saturated heterocycles. The van der Waals surface area contributed by atoms with E-state index in [0.717, 1.165) is 22.2 Å². The van der Waals surface area contributed by atoms with Crippen molar-refractivity contribution in [1.29, 1.82) is 0 Å². The average Bonchev–Trinajstić information content (AvgIpc) is 3.17. The van der Waals surface area contributed by atoms with Gasteiger partial charge in [0.1, 0.15) is 0 Å². The molecular weight excluding hydrogens is 340 g/mol. The SMILES string of the molecule is Cc1[nH]c2ccc(CNS(=O)(=O)c3ccc4c(c3)OCO4)cc2c1C. The van der Waals surface area contributed by atoms with E-state index >= 15 is 0 Å². The molecule has 1 aromatic heterocycles. The van der Waals surface area contributed by atoms with E-state index in [4.69, 9.17) is 9.47 Å². The van der Waals surface area contributed by atoms with Crippen molar-refractivity contribution < 1.29 is 17.9 Å². The van der Waals surface area contributed by atoms with Crippen molar-refractivity contribution in [2.45, 2.75) is 25.3 Å². The molecule has 0 fully saturated rings. The summed E-state index contributed by atoms with van der Waals surface area (Å²) < 4.78 is 38.1. The smallest absolute Gasteiger partial charge is 0.241 e. The van der Waals surface area contributed by atoms with Gasteiger partial charge in [-0.1, -0.05) is 6.07 Å². The van der Waals surface area contributed by atoms with Gasteiger partial charge >= 0.3 is 0 Å². The minimum Gasteiger partial charge on any atom is -0.454 e. The van der Waals surface area contributed by atoms with E-state index in [0.29, 0.717) is 11.5 Å². The number of hydrogen-bond donors (Lipinski definition) is 2. The molecule has 0 amide bonds. The van der Waals surface area contributed by atoms with E-state index in [1.165, 1.54) is 17.7 Å². The molecule has 0 bridgehead atoms. The molecule has 0 saturated carbocycles. The molecule has 130 valence electrons. The lowest BCUT2D eigenvalue weighted by molar-refractivity contribution is 0.174. The molecule has 0 aliphatic carbocycles. The summed E-state index contributed by atoms with van der Waals surface area (Å²) in [6.07, 6.45) is 0. The van der Waals surface area contributed by atoms with Gasteiger partial charge in [0.2, 0.25) is 16.8 Å². The molecule has 2 aromatic carbocycles. The summed E-state index contributed by atoms with van der Waals surface area (Å²) in [6.45, 7) is 4.41. The largest absolute Gasteiger partial charge is 0.454 e. The third-order valence-corrected chi connectivity index (χ3v) is 5.89. The summed E-state index contributed by atoms with van der Waals surface area (Å²) in [5.74, 6) is 1.01. The highest BCUT2D eigenvalue weighted by Gasteiger charge is 2.20. The van der Waals surface area contributed by atoms with E-state index in [1.807, 2.05) is 25.1 Å². The van der Waals surface area contributed by atoms with E-state index in [-0.39, 0.29) is 18.2 Å². The van der Waals surface area contributed by atoms with Crippen LogP contribution in [-0.2, 0) is 16.6 Å². The van der Waals surface area contributed by atoms with Crippen LogP contribution in [0.4, 0.5) is 0 Å². The lowest BCUT2D eigenvalue weighted by Gasteiger charge is -2.08. The Labute approximate surface area is 145 Å². The van der Waals surface area contributed by atoms with Gasteiger partial charge in [0.15, 0.2) is 11.5 Å². The summed E-state index contributed by atoms with van der Waals surface area (Å²) in [7, 11) is -3.63. The van der Waals surface area contributed by atoms with Crippen LogP contribution in [0.15, 0.2) is 41.3 Å². The Morgan fingerprint density at radius 2 is 1.88 bits per heavy atom. The van der Waals surface area contributed by atoms with Crippen LogP contribution >= 0.6 is 0 Å². The highest BCUT2D eigenvalue weighted by molar-refractivity contribution is 7.89. The average molecular weight is 358 g/mol. The van der Waals surface area contributed by atoms with E-state index < -0.39 is 10.0 Å². The van der Waals surface area contributed by atoms with Gasteiger partial charge in [-0.3, -0.25) is 0 Å². The van der Waals surface area contributed by atoms with Gasteiger partial charge in [-0.25, -0.2) is 13.1 Å². The number of fused-ring (bicyclic) bond motifs is 2. The fraction of sp³-hybridized carbons (Fsp3) is 0.222. The van der Waals surface area contributed by atoms with Gasteiger partial charge in [-0.15, -0.1) is 0 Å². The minimum absolute atomic E-state index is 0.113. The third kappa shape index (κ3) is 2.85. The van der Waals surface area contributed by atoms with Crippen LogP contribution in [0.3, 0.4) is 0 Å². The van der Waals surface area contributed by atoms with E-state index in [2.05, 4.69) is 16.6 Å². The lowest BCUT2D eigenvalue weighted by Crippen LogP contribution is -2.23. The Hall–Kier alpha value is -2.51. The van der Waals surface area contributed by atoms with Gasteiger partial charge < -0.3 is 14.5 Å². The van der Waals surface area contributed by atoms with Crippen molar-refractivity contribution in [3.8, 4) is 11.5 Å². The van der Waals surface area contributed by atoms with Crippen LogP contribution in [-0.4, -0.2) is 20.2 Å². The Morgan fingerprint density at radius 1 is 1.08 bits per heavy atom. The van der Waals surface area contributed by atoms with Gasteiger partial charge in [0, 0.05) is 29.2 Å². The molecule has 2 heterocycles. The van der Waals surface area contributed by atoms with Gasteiger partial charge in [0.25, 0.3) is 0 Å². The number of nitrogens with one attached hydrogen (secondary N) is 2. The topological polar surface area (TPSA) is 80.4 Å². The zero-order chi connectivity index (χ0) is 17.6. The Morgan fingerprint density at radius 3 is 2.72 bits per heavy atom. The van der Waals surface area contributed by atoms with Crippen molar-refractivity contribution in [3.63, 3.8) is 0 Å². The summed E-state index contributed by atoms with van der Waals surface area (Å²) in [6, 6.07) is 10.5. The molecule has 0 atom stereocenters. The zero-order valence-electron chi connectivity index (χ0n) is 13.9. The van der Waals surface area contributed by atoms with Crippen LogP contribution in [0.25, 0.3) is 10.9 Å². The lowest BCUT2D eigenvalue weighted by atomic mass is 10.1. The molecule has 1 aliphatic heterocycles. The molecule has 3 aromatic rings. The van der Waals surface area contributed by atoms with E-state index in [9.17, 15) is 8.42 Å². The normalized spacial score (nSPS) is 13.5. The monoisotopic (exact) mass is 358 g/mol. The zero-order valence-corrected chi connectivity index (χ0v) is 14.7. The van der Waals surface area contributed by atoms with Crippen molar-refractivity contribution in [3.05, 3.63) is 53.2 Å². The first-order chi connectivity index (χ1) is 11.9. The predicted octanol–water partition coefficient (Wildman–Crippen LogP) is 2.99. The van der Waals surface area contributed by atoms with Gasteiger partial charge in [-0.2, -0.15) is 0 Å². The molecule has 0 spiro atoms. The fourth-order valence-corrected chi connectivity index (χ4v) is 3.96. The summed E-state index contributed by atoms with van der Waals surface area (Å²) in [5.41, 5.74) is 4.25. The number of sulfonamides is 1. The number of aryl methyl sites for hydroxylation is 2. The standard InChI is InChI=1S/C18H18N2O4S/c1-11-12(2)20-16-5-3-13(7-15(11)16)9-19-25(21,22)14-4-6-17-18(8-14)24-10-23-17/h3-8,19-20H,9-10H2,1-2H3. The Kier molecular flexibility index (Phi) is 3.70. The molecule has 2 N–H and O–H groups in total. The molecule has 0 radical (unpaired) electrons. The van der Waals surface area contributed by atoms with Crippen LogP contribution in [0.1, 0.15) is 16.8 Å². The summed E-state index contributed by atoms with van der Waals surface area (Å²) in [4.78, 5) is 3.47. The molecule has 4 rings (SSSR count). The molecule has 0 unspecified atom stereocenters. The van der Waals surface area contributed by atoms with Crippen LogP contribution < -0.4 is 14.2 Å². The first-order valence-electron chi connectivity index (χ1n) is 7.91. The van der Waals surface area contributed by atoms with Crippen LogP contribution in [0.5, 0.6) is 11.5 Å². The molecular formula is C18H18N2O4S. The maximum Gasteiger partial charge on any atom is 0.241 e.